The number of hydrogen-bond acceptors (Lipinski definition) is 3. The number of benzene rings is 1. The largest absolute Gasteiger partial charge is 0.381 e. The summed E-state index contributed by atoms with van der Waals surface area (Å²) in [5.74, 6) is 0.0192. The molecule has 0 saturated carbocycles. The predicted octanol–water partition coefficient (Wildman–Crippen LogP) is 2.27. The van der Waals surface area contributed by atoms with E-state index >= 15 is 0 Å². The van der Waals surface area contributed by atoms with E-state index in [1.165, 1.54) is 0 Å². The molecule has 1 aromatic rings. The van der Waals surface area contributed by atoms with Crippen LogP contribution in [0.3, 0.4) is 0 Å². The third-order valence-electron chi connectivity index (χ3n) is 4.04. The number of carbonyl (C=O) groups is 1. The number of hydrogen-bond donors (Lipinski definition) is 2. The molecule has 1 aromatic carbocycles. The topological polar surface area (TPSA) is 64.4 Å². The summed E-state index contributed by atoms with van der Waals surface area (Å²) in [6.45, 7) is 3.51. The molecule has 1 atom stereocenters. The molecule has 1 saturated heterocycles. The molecule has 110 valence electrons. The minimum absolute atomic E-state index is 0.0192. The number of nitrogens with two attached hydrogens (primary N) is 1. The Hall–Kier alpha value is -1.10. The maximum Gasteiger partial charge on any atom is 0.228 e. The zero-order chi connectivity index (χ0) is 14.6. The molecule has 3 N–H and O–H groups in total. The Bertz CT molecular complexity index is 455. The molecule has 0 bridgehead atoms. The van der Waals surface area contributed by atoms with Crippen molar-refractivity contribution in [2.24, 2.45) is 11.1 Å². The highest BCUT2D eigenvalue weighted by Crippen LogP contribution is 2.30. The van der Waals surface area contributed by atoms with Crippen LogP contribution in [0.5, 0.6) is 0 Å². The van der Waals surface area contributed by atoms with Crippen molar-refractivity contribution in [2.75, 3.05) is 19.8 Å². The number of halogens is 1. The fourth-order valence-electron chi connectivity index (χ4n) is 2.47. The van der Waals surface area contributed by atoms with Crippen LogP contribution in [-0.2, 0) is 9.53 Å². The summed E-state index contributed by atoms with van der Waals surface area (Å²) >= 11 is 5.87. The van der Waals surface area contributed by atoms with Gasteiger partial charge in [-0.3, -0.25) is 4.79 Å². The van der Waals surface area contributed by atoms with E-state index in [-0.39, 0.29) is 11.9 Å². The van der Waals surface area contributed by atoms with E-state index in [0.29, 0.717) is 37.6 Å². The van der Waals surface area contributed by atoms with E-state index in [4.69, 9.17) is 22.1 Å². The van der Waals surface area contributed by atoms with Crippen LogP contribution in [-0.4, -0.2) is 25.7 Å². The molecule has 4 nitrogen and oxygen atoms in total. The summed E-state index contributed by atoms with van der Waals surface area (Å²) in [5, 5.41) is 3.75. The summed E-state index contributed by atoms with van der Waals surface area (Å²) in [7, 11) is 0. The Balaban J connectivity index is 2.04. The van der Waals surface area contributed by atoms with Gasteiger partial charge in [0.15, 0.2) is 0 Å². The van der Waals surface area contributed by atoms with Crippen molar-refractivity contribution >= 4 is 17.5 Å². The molecule has 1 amide bonds. The number of rotatable bonds is 4. The summed E-state index contributed by atoms with van der Waals surface area (Å²) in [5.41, 5.74) is 6.38. The lowest BCUT2D eigenvalue weighted by atomic mass is 9.79. The lowest BCUT2D eigenvalue weighted by Gasteiger charge is -2.35. The summed E-state index contributed by atoms with van der Waals surface area (Å²) < 4.78 is 5.33. The van der Waals surface area contributed by atoms with E-state index < -0.39 is 5.41 Å². The van der Waals surface area contributed by atoms with E-state index in [2.05, 4.69) is 5.32 Å². The van der Waals surface area contributed by atoms with Gasteiger partial charge in [-0.25, -0.2) is 0 Å². The Morgan fingerprint density at radius 2 is 2.00 bits per heavy atom. The van der Waals surface area contributed by atoms with Gasteiger partial charge in [0.05, 0.1) is 11.5 Å². The highest BCUT2D eigenvalue weighted by Gasteiger charge is 2.39. The van der Waals surface area contributed by atoms with Crippen LogP contribution in [0.15, 0.2) is 24.3 Å². The maximum absolute atomic E-state index is 12.5. The first-order valence-electron chi connectivity index (χ1n) is 6.92. The van der Waals surface area contributed by atoms with Gasteiger partial charge in [0.25, 0.3) is 0 Å². The van der Waals surface area contributed by atoms with Gasteiger partial charge >= 0.3 is 0 Å². The molecule has 0 radical (unpaired) electrons. The molecule has 5 heteroatoms. The van der Waals surface area contributed by atoms with E-state index in [1.54, 1.807) is 0 Å². The van der Waals surface area contributed by atoms with Crippen molar-refractivity contribution in [2.45, 2.75) is 25.8 Å². The van der Waals surface area contributed by atoms with Crippen LogP contribution < -0.4 is 11.1 Å². The first-order valence-corrected chi connectivity index (χ1v) is 7.29. The quantitative estimate of drug-likeness (QED) is 0.896. The van der Waals surface area contributed by atoms with Crippen LogP contribution in [0.4, 0.5) is 0 Å². The SMILES string of the molecule is C[C@H](NC(=O)C1(CN)CCOCC1)c1ccc(Cl)cc1. The molecule has 0 aromatic heterocycles. The monoisotopic (exact) mass is 296 g/mol. The molecular formula is C15H21ClN2O2. The molecule has 0 unspecified atom stereocenters. The Labute approximate surface area is 124 Å². The zero-order valence-electron chi connectivity index (χ0n) is 11.7. The van der Waals surface area contributed by atoms with Crippen molar-refractivity contribution in [1.82, 2.24) is 5.32 Å². The first kappa shape index (κ1) is 15.3. The molecule has 0 aliphatic carbocycles. The number of nitrogens with one attached hydrogen (secondary N) is 1. The second-order valence-electron chi connectivity index (χ2n) is 5.34. The third-order valence-corrected chi connectivity index (χ3v) is 4.29. The highest BCUT2D eigenvalue weighted by molar-refractivity contribution is 6.30. The van der Waals surface area contributed by atoms with Crippen LogP contribution >= 0.6 is 11.6 Å². The lowest BCUT2D eigenvalue weighted by molar-refractivity contribution is -0.136. The summed E-state index contributed by atoms with van der Waals surface area (Å²) in [6.07, 6.45) is 1.37. The molecule has 1 heterocycles. The minimum atomic E-state index is -0.487. The average molecular weight is 297 g/mol. The fourth-order valence-corrected chi connectivity index (χ4v) is 2.60. The van der Waals surface area contributed by atoms with Gasteiger partial charge in [-0.15, -0.1) is 0 Å². The molecule has 20 heavy (non-hydrogen) atoms. The molecule has 0 spiro atoms. The molecule has 1 aliphatic heterocycles. The van der Waals surface area contributed by atoms with Crippen molar-refractivity contribution in [1.29, 1.82) is 0 Å². The molecule has 1 fully saturated rings. The smallest absolute Gasteiger partial charge is 0.228 e. The van der Waals surface area contributed by atoms with Gasteiger partial charge in [0, 0.05) is 24.8 Å². The van der Waals surface area contributed by atoms with Gasteiger partial charge in [-0.05, 0) is 37.5 Å². The molecular weight excluding hydrogens is 276 g/mol. The Kier molecular flexibility index (Phi) is 5.02. The second kappa shape index (κ2) is 6.57. The van der Waals surface area contributed by atoms with Gasteiger partial charge < -0.3 is 15.8 Å². The fraction of sp³-hybridized carbons (Fsp3) is 0.533. The van der Waals surface area contributed by atoms with Gasteiger partial charge in [0.1, 0.15) is 0 Å². The average Bonchev–Trinajstić information content (AvgIpc) is 2.48. The van der Waals surface area contributed by atoms with Gasteiger partial charge in [-0.1, -0.05) is 23.7 Å². The van der Waals surface area contributed by atoms with Crippen molar-refractivity contribution in [3.05, 3.63) is 34.9 Å². The molecule has 1 aliphatic rings. The highest BCUT2D eigenvalue weighted by atomic mass is 35.5. The minimum Gasteiger partial charge on any atom is -0.381 e. The Morgan fingerprint density at radius 3 is 2.55 bits per heavy atom. The van der Waals surface area contributed by atoms with Crippen LogP contribution in [0, 0.1) is 5.41 Å². The number of amides is 1. The normalized spacial score (nSPS) is 19.4. The van der Waals surface area contributed by atoms with Gasteiger partial charge in [0.2, 0.25) is 5.91 Å². The van der Waals surface area contributed by atoms with Crippen molar-refractivity contribution in [3.8, 4) is 0 Å². The standard InChI is InChI=1S/C15H21ClN2O2/c1-11(12-2-4-13(16)5-3-12)18-14(19)15(10-17)6-8-20-9-7-15/h2-5,11H,6-10,17H2,1H3,(H,18,19)/t11-/m0/s1. The predicted molar refractivity (Wildman–Crippen MR) is 79.6 cm³/mol. The van der Waals surface area contributed by atoms with Crippen LogP contribution in [0.25, 0.3) is 0 Å². The van der Waals surface area contributed by atoms with E-state index in [0.717, 1.165) is 5.56 Å². The maximum atomic E-state index is 12.5. The zero-order valence-corrected chi connectivity index (χ0v) is 12.5. The van der Waals surface area contributed by atoms with Crippen LogP contribution in [0.1, 0.15) is 31.4 Å². The van der Waals surface area contributed by atoms with E-state index in [1.807, 2.05) is 31.2 Å². The van der Waals surface area contributed by atoms with Gasteiger partial charge in [-0.2, -0.15) is 0 Å². The third kappa shape index (κ3) is 3.32. The van der Waals surface area contributed by atoms with Crippen molar-refractivity contribution in [3.63, 3.8) is 0 Å². The van der Waals surface area contributed by atoms with E-state index in [9.17, 15) is 4.79 Å². The second-order valence-corrected chi connectivity index (χ2v) is 5.78. The Morgan fingerprint density at radius 1 is 1.40 bits per heavy atom. The van der Waals surface area contributed by atoms with Crippen LogP contribution in [0.2, 0.25) is 5.02 Å². The summed E-state index contributed by atoms with van der Waals surface area (Å²) in [6, 6.07) is 7.43. The first-order chi connectivity index (χ1) is 9.57. The molecule has 2 rings (SSSR count). The van der Waals surface area contributed by atoms with Crippen molar-refractivity contribution < 1.29 is 9.53 Å². The summed E-state index contributed by atoms with van der Waals surface area (Å²) in [4.78, 5) is 12.5. The number of carbonyl (C=O) groups excluding carboxylic acids is 1. The lowest BCUT2D eigenvalue weighted by Crippen LogP contribution is -2.49. The number of ether oxygens (including phenoxy) is 1.